The van der Waals surface area contributed by atoms with Gasteiger partial charge in [0.1, 0.15) is 0 Å². The van der Waals surface area contributed by atoms with Crippen molar-refractivity contribution >= 4 is 14.3 Å². The molecule has 0 spiro atoms. The highest BCUT2D eigenvalue weighted by Crippen LogP contribution is 2.63. The summed E-state index contributed by atoms with van der Waals surface area (Å²) in [5, 5.41) is 0.210. The maximum absolute atomic E-state index is 11.3. The van der Waals surface area contributed by atoms with Gasteiger partial charge in [-0.15, -0.1) is 0 Å². The molecular weight excluding hydrogens is 256 g/mol. The second-order valence-corrected chi connectivity index (χ2v) is 13.6. The number of rotatable bonds is 1. The lowest BCUT2D eigenvalue weighted by molar-refractivity contribution is -0.165. The van der Waals surface area contributed by atoms with Crippen LogP contribution in [0.15, 0.2) is 0 Å². The van der Waals surface area contributed by atoms with E-state index in [4.69, 9.17) is 9.16 Å². The first-order valence-corrected chi connectivity index (χ1v) is 9.18. The highest BCUT2D eigenvalue weighted by molar-refractivity contribution is 6.81. The van der Waals surface area contributed by atoms with Gasteiger partial charge in [-0.25, -0.2) is 0 Å². The minimum absolute atomic E-state index is 0.105. The number of carbonyl (C=O) groups is 1. The zero-order chi connectivity index (χ0) is 15.2. The van der Waals surface area contributed by atoms with E-state index >= 15 is 0 Å². The molecule has 3 atom stereocenters. The SMILES string of the molecule is CC(=O)OC1O[Si](C(C)(C)C)(C(C)(C)C)[C@@H](C)[C@H]1C. The molecule has 0 aromatic heterocycles. The average molecular weight is 286 g/mol. The van der Waals surface area contributed by atoms with E-state index in [-0.39, 0.29) is 28.3 Å². The predicted molar refractivity (Wildman–Crippen MR) is 80.4 cm³/mol. The van der Waals surface area contributed by atoms with Crippen molar-refractivity contribution in [3.05, 3.63) is 0 Å². The number of carbonyl (C=O) groups excluding carboxylic acids is 1. The molecule has 0 radical (unpaired) electrons. The van der Waals surface area contributed by atoms with Crippen LogP contribution < -0.4 is 0 Å². The van der Waals surface area contributed by atoms with Crippen LogP contribution in [-0.4, -0.2) is 20.6 Å². The normalized spacial score (nSPS) is 31.3. The molecule has 0 aromatic carbocycles. The third-order valence-corrected chi connectivity index (χ3v) is 11.5. The summed E-state index contributed by atoms with van der Waals surface area (Å²) in [6.07, 6.45) is -0.377. The fourth-order valence-corrected chi connectivity index (χ4v) is 11.6. The van der Waals surface area contributed by atoms with E-state index in [1.165, 1.54) is 6.92 Å². The number of ether oxygens (including phenoxy) is 1. The Balaban J connectivity index is 3.25. The molecule has 0 N–H and O–H groups in total. The molecule has 1 heterocycles. The molecule has 1 fully saturated rings. The van der Waals surface area contributed by atoms with Gasteiger partial charge in [0.25, 0.3) is 0 Å². The Hall–Kier alpha value is -0.353. The highest BCUT2D eigenvalue weighted by atomic mass is 28.4. The molecule has 0 saturated carbocycles. The van der Waals surface area contributed by atoms with E-state index in [1.807, 2.05) is 0 Å². The van der Waals surface area contributed by atoms with Crippen molar-refractivity contribution in [3.8, 4) is 0 Å². The Morgan fingerprint density at radius 1 is 1.05 bits per heavy atom. The largest absolute Gasteiger partial charge is 0.437 e. The average Bonchev–Trinajstić information content (AvgIpc) is 2.40. The second kappa shape index (κ2) is 4.88. The summed E-state index contributed by atoms with van der Waals surface area (Å²) in [6.45, 7) is 19.5. The van der Waals surface area contributed by atoms with Crippen LogP contribution in [0.4, 0.5) is 0 Å². The molecular formula is C15H30O3Si. The summed E-state index contributed by atoms with van der Waals surface area (Å²) < 4.78 is 11.9. The standard InChI is InChI=1S/C15H30O3Si/c1-10-11(2)19(14(4,5)6,15(7,8)9)18-13(10)17-12(3)16/h10-11,13H,1-9H3/t10-,11+,13?/m1/s1. The molecule has 3 nitrogen and oxygen atoms in total. The second-order valence-electron chi connectivity index (χ2n) is 7.98. The Morgan fingerprint density at radius 3 is 1.74 bits per heavy atom. The van der Waals surface area contributed by atoms with Crippen LogP contribution in [0.5, 0.6) is 0 Å². The van der Waals surface area contributed by atoms with E-state index in [1.54, 1.807) is 0 Å². The zero-order valence-corrected chi connectivity index (χ0v) is 15.0. The third kappa shape index (κ3) is 2.61. The third-order valence-electron chi connectivity index (χ3n) is 4.67. The maximum Gasteiger partial charge on any atom is 0.304 e. The first-order chi connectivity index (χ1) is 8.34. The summed E-state index contributed by atoms with van der Waals surface area (Å²) in [6, 6.07) is 0. The van der Waals surface area contributed by atoms with Gasteiger partial charge < -0.3 is 9.16 Å². The maximum atomic E-state index is 11.3. The summed E-state index contributed by atoms with van der Waals surface area (Å²) >= 11 is 0. The monoisotopic (exact) mass is 286 g/mol. The summed E-state index contributed by atoms with van der Waals surface area (Å²) in [7, 11) is -2.11. The van der Waals surface area contributed by atoms with Crippen LogP contribution in [0.2, 0.25) is 15.6 Å². The molecule has 0 amide bonds. The minimum atomic E-state index is -2.11. The van der Waals surface area contributed by atoms with Crippen molar-refractivity contribution in [2.45, 2.75) is 84.2 Å². The Morgan fingerprint density at radius 2 is 1.47 bits per heavy atom. The first kappa shape index (κ1) is 16.7. The van der Waals surface area contributed by atoms with Crippen LogP contribution in [-0.2, 0) is 14.0 Å². The van der Waals surface area contributed by atoms with Gasteiger partial charge in [0, 0.05) is 12.8 Å². The fraction of sp³-hybridized carbons (Fsp3) is 0.933. The van der Waals surface area contributed by atoms with E-state index < -0.39 is 8.32 Å². The summed E-state index contributed by atoms with van der Waals surface area (Å²) in [4.78, 5) is 11.3. The minimum Gasteiger partial charge on any atom is -0.437 e. The lowest BCUT2D eigenvalue weighted by Gasteiger charge is -2.50. The highest BCUT2D eigenvalue weighted by Gasteiger charge is 2.65. The van der Waals surface area contributed by atoms with E-state index in [9.17, 15) is 4.79 Å². The van der Waals surface area contributed by atoms with Gasteiger partial charge in [-0.3, -0.25) is 4.79 Å². The van der Waals surface area contributed by atoms with Crippen molar-refractivity contribution in [3.63, 3.8) is 0 Å². The van der Waals surface area contributed by atoms with E-state index in [2.05, 4.69) is 55.4 Å². The van der Waals surface area contributed by atoms with Crippen LogP contribution in [0.1, 0.15) is 62.3 Å². The first-order valence-electron chi connectivity index (χ1n) is 7.19. The van der Waals surface area contributed by atoms with Gasteiger partial charge in [-0.2, -0.15) is 0 Å². The van der Waals surface area contributed by atoms with Crippen LogP contribution >= 0.6 is 0 Å². The number of esters is 1. The van der Waals surface area contributed by atoms with Crippen LogP contribution in [0, 0.1) is 5.92 Å². The van der Waals surface area contributed by atoms with Gasteiger partial charge in [-0.05, 0) is 15.6 Å². The van der Waals surface area contributed by atoms with Crippen molar-refractivity contribution in [2.75, 3.05) is 0 Å². The molecule has 0 aliphatic carbocycles. The van der Waals surface area contributed by atoms with Crippen LogP contribution in [0.25, 0.3) is 0 Å². The van der Waals surface area contributed by atoms with Crippen molar-refractivity contribution in [2.24, 2.45) is 5.92 Å². The molecule has 19 heavy (non-hydrogen) atoms. The molecule has 1 saturated heterocycles. The van der Waals surface area contributed by atoms with Crippen molar-refractivity contribution in [1.29, 1.82) is 0 Å². The fourth-order valence-electron chi connectivity index (χ4n) is 4.14. The number of hydrogen-bond acceptors (Lipinski definition) is 3. The number of hydrogen-bond donors (Lipinski definition) is 0. The van der Waals surface area contributed by atoms with Gasteiger partial charge in [0.15, 0.2) is 6.29 Å². The molecule has 1 aliphatic heterocycles. The van der Waals surface area contributed by atoms with Gasteiger partial charge in [-0.1, -0.05) is 55.4 Å². The topological polar surface area (TPSA) is 35.5 Å². The lowest BCUT2D eigenvalue weighted by atomic mass is 10.1. The zero-order valence-electron chi connectivity index (χ0n) is 14.0. The quantitative estimate of drug-likeness (QED) is 0.527. The molecule has 0 aromatic rings. The lowest BCUT2D eigenvalue weighted by Crippen LogP contribution is -2.55. The summed E-state index contributed by atoms with van der Waals surface area (Å²) in [5.74, 6) is 0.00526. The predicted octanol–water partition coefficient (Wildman–Crippen LogP) is 4.48. The molecule has 0 bridgehead atoms. The molecule has 4 heteroatoms. The molecule has 1 rings (SSSR count). The van der Waals surface area contributed by atoms with Gasteiger partial charge in [0.2, 0.25) is 8.32 Å². The van der Waals surface area contributed by atoms with E-state index in [0.717, 1.165) is 0 Å². The Kier molecular flexibility index (Phi) is 4.29. The van der Waals surface area contributed by atoms with Gasteiger partial charge in [0.05, 0.1) is 0 Å². The van der Waals surface area contributed by atoms with Crippen LogP contribution in [0.3, 0.4) is 0 Å². The Labute approximate surface area is 119 Å². The smallest absolute Gasteiger partial charge is 0.304 e. The Bertz CT molecular complexity index is 337. The van der Waals surface area contributed by atoms with Gasteiger partial charge >= 0.3 is 5.97 Å². The van der Waals surface area contributed by atoms with Crippen molar-refractivity contribution in [1.82, 2.24) is 0 Å². The van der Waals surface area contributed by atoms with Crippen molar-refractivity contribution < 1.29 is 14.0 Å². The summed E-state index contributed by atoms with van der Waals surface area (Å²) in [5.41, 5.74) is 0.455. The molecule has 1 aliphatic rings. The van der Waals surface area contributed by atoms with E-state index in [0.29, 0.717) is 5.54 Å². The molecule has 1 unspecified atom stereocenters. The molecule has 112 valence electrons.